The molecule has 3 N–H and O–H groups in total. The maximum Gasteiger partial charge on any atom is 0.177 e. The fourth-order valence-electron chi connectivity index (χ4n) is 1.51. The molecule has 0 saturated carbocycles. The molecule has 0 aliphatic carbocycles. The van der Waals surface area contributed by atoms with Crippen molar-refractivity contribution >= 4 is 22.0 Å². The minimum absolute atomic E-state index is 0.391. The first-order valence-electron chi connectivity index (χ1n) is 5.25. The minimum atomic E-state index is 0.391. The first-order chi connectivity index (χ1) is 8.76. The summed E-state index contributed by atoms with van der Waals surface area (Å²) in [6.07, 6.45) is 3.47. The molecule has 0 amide bonds. The molecule has 0 spiro atoms. The average molecular weight is 260 g/mol. The van der Waals surface area contributed by atoms with Gasteiger partial charge in [-0.3, -0.25) is 4.98 Å². The summed E-state index contributed by atoms with van der Waals surface area (Å²) in [6.45, 7) is 0.629. The van der Waals surface area contributed by atoms with Crippen molar-refractivity contribution in [2.75, 3.05) is 18.2 Å². The zero-order valence-corrected chi connectivity index (χ0v) is 10.6. The third kappa shape index (κ3) is 2.36. The molecule has 92 valence electrons. The molecular weight excluding hydrogens is 248 g/mol. The Morgan fingerprint density at radius 2 is 2.22 bits per heavy atom. The Hall–Kier alpha value is -2.26. The van der Waals surface area contributed by atoms with E-state index in [1.54, 1.807) is 12.4 Å². The second kappa shape index (κ2) is 5.38. The zero-order chi connectivity index (χ0) is 13.0. The summed E-state index contributed by atoms with van der Waals surface area (Å²) in [5.74, 6) is 0.533. The van der Waals surface area contributed by atoms with Crippen molar-refractivity contribution in [2.45, 2.75) is 6.54 Å². The van der Waals surface area contributed by atoms with Gasteiger partial charge < -0.3 is 15.8 Å². The Balaban J connectivity index is 2.17. The van der Waals surface area contributed by atoms with Gasteiger partial charge in [0.1, 0.15) is 21.6 Å². The fourth-order valence-corrected chi connectivity index (χ4v) is 2.40. The van der Waals surface area contributed by atoms with Gasteiger partial charge in [0.15, 0.2) is 5.75 Å². The molecule has 2 heterocycles. The van der Waals surface area contributed by atoms with Crippen molar-refractivity contribution < 1.29 is 4.74 Å². The number of anilines is 2. The molecule has 0 bridgehead atoms. The number of pyridine rings is 1. The summed E-state index contributed by atoms with van der Waals surface area (Å²) >= 11 is 1.29. The van der Waals surface area contributed by atoms with Crippen LogP contribution in [-0.4, -0.2) is 12.1 Å². The lowest BCUT2D eigenvalue weighted by Gasteiger charge is -2.06. The predicted molar refractivity (Wildman–Crippen MR) is 71.6 cm³/mol. The molecule has 18 heavy (non-hydrogen) atoms. The largest absolute Gasteiger partial charge is 0.492 e. The summed E-state index contributed by atoms with van der Waals surface area (Å²) < 4.78 is 5.21. The molecule has 5 nitrogen and oxygen atoms in total. The maximum atomic E-state index is 8.93. The molecule has 0 fully saturated rings. The topological polar surface area (TPSA) is 84.0 Å². The lowest BCUT2D eigenvalue weighted by molar-refractivity contribution is 0.420. The number of rotatable bonds is 4. The van der Waals surface area contributed by atoms with Crippen molar-refractivity contribution in [3.8, 4) is 11.8 Å². The molecule has 2 aromatic heterocycles. The van der Waals surface area contributed by atoms with E-state index in [9.17, 15) is 0 Å². The summed E-state index contributed by atoms with van der Waals surface area (Å²) in [7, 11) is 1.54. The van der Waals surface area contributed by atoms with Crippen LogP contribution in [0.3, 0.4) is 0 Å². The molecule has 0 saturated heterocycles. The van der Waals surface area contributed by atoms with Gasteiger partial charge in [0, 0.05) is 18.9 Å². The highest BCUT2D eigenvalue weighted by atomic mass is 32.1. The highest BCUT2D eigenvalue weighted by Crippen LogP contribution is 2.42. The van der Waals surface area contributed by atoms with Gasteiger partial charge in [0.2, 0.25) is 0 Å². The number of nitrogens with zero attached hydrogens (tertiary/aromatic N) is 2. The van der Waals surface area contributed by atoms with Crippen molar-refractivity contribution in [3.63, 3.8) is 0 Å². The summed E-state index contributed by atoms with van der Waals surface area (Å²) in [5, 5.41) is 12.9. The molecule has 0 aromatic carbocycles. The van der Waals surface area contributed by atoms with Gasteiger partial charge in [0.25, 0.3) is 0 Å². The number of nitrogen functional groups attached to an aromatic ring is 1. The van der Waals surface area contributed by atoms with Gasteiger partial charge in [-0.05, 0) is 17.7 Å². The second-order valence-electron chi connectivity index (χ2n) is 3.53. The number of nitrogens with two attached hydrogens (primary N) is 1. The van der Waals surface area contributed by atoms with E-state index in [4.69, 9.17) is 15.7 Å². The van der Waals surface area contributed by atoms with Crippen LogP contribution in [0.4, 0.5) is 10.7 Å². The van der Waals surface area contributed by atoms with E-state index in [2.05, 4.69) is 16.4 Å². The van der Waals surface area contributed by atoms with Crippen LogP contribution < -0.4 is 15.8 Å². The van der Waals surface area contributed by atoms with Crippen LogP contribution in [0.2, 0.25) is 0 Å². The van der Waals surface area contributed by atoms with E-state index < -0.39 is 0 Å². The van der Waals surface area contributed by atoms with E-state index in [0.29, 0.717) is 22.9 Å². The van der Waals surface area contributed by atoms with Crippen molar-refractivity contribution in [1.29, 1.82) is 5.26 Å². The van der Waals surface area contributed by atoms with Crippen LogP contribution >= 0.6 is 11.3 Å². The Bertz CT molecular complexity index is 574. The minimum Gasteiger partial charge on any atom is -0.492 e. The number of hydrogen-bond acceptors (Lipinski definition) is 6. The van der Waals surface area contributed by atoms with Crippen LogP contribution in [0, 0.1) is 11.3 Å². The predicted octanol–water partition coefficient (Wildman–Crippen LogP) is 2.22. The second-order valence-corrected chi connectivity index (χ2v) is 4.55. The third-order valence-electron chi connectivity index (χ3n) is 2.41. The smallest absolute Gasteiger partial charge is 0.177 e. The van der Waals surface area contributed by atoms with E-state index in [0.717, 1.165) is 10.6 Å². The van der Waals surface area contributed by atoms with E-state index in [-0.39, 0.29) is 0 Å². The normalized spacial score (nSPS) is 9.78. The SMILES string of the molecule is COc1c(NCc2ccncc2)sc(C#N)c1N. The first kappa shape index (κ1) is 12.2. The lowest BCUT2D eigenvalue weighted by Crippen LogP contribution is -1.99. The Morgan fingerprint density at radius 3 is 2.83 bits per heavy atom. The van der Waals surface area contributed by atoms with Crippen molar-refractivity contribution in [3.05, 3.63) is 35.0 Å². The number of methoxy groups -OCH3 is 1. The molecular formula is C12H12N4OS. The number of thiophene rings is 1. The maximum absolute atomic E-state index is 8.93. The molecule has 0 unspecified atom stereocenters. The third-order valence-corrected chi connectivity index (χ3v) is 3.46. The van der Waals surface area contributed by atoms with Crippen LogP contribution in [0.1, 0.15) is 10.4 Å². The number of nitrogens with one attached hydrogen (secondary N) is 1. The standard InChI is InChI=1S/C12H12N4OS/c1-17-11-10(14)9(6-13)18-12(11)16-7-8-2-4-15-5-3-8/h2-5,16H,7,14H2,1H3. The highest BCUT2D eigenvalue weighted by Gasteiger charge is 2.16. The molecule has 6 heteroatoms. The summed E-state index contributed by atoms with van der Waals surface area (Å²) in [5.41, 5.74) is 7.29. The quantitative estimate of drug-likeness (QED) is 0.880. The van der Waals surface area contributed by atoms with Crippen LogP contribution in [-0.2, 0) is 6.54 Å². The van der Waals surface area contributed by atoms with Crippen LogP contribution in [0.25, 0.3) is 0 Å². The molecule has 0 aliphatic rings. The monoisotopic (exact) mass is 260 g/mol. The van der Waals surface area contributed by atoms with Crippen LogP contribution in [0.15, 0.2) is 24.5 Å². The zero-order valence-electron chi connectivity index (χ0n) is 9.80. The van der Waals surface area contributed by atoms with Gasteiger partial charge in [0.05, 0.1) is 7.11 Å². The van der Waals surface area contributed by atoms with Crippen molar-refractivity contribution in [1.82, 2.24) is 4.98 Å². The van der Waals surface area contributed by atoms with Crippen molar-refractivity contribution in [2.24, 2.45) is 0 Å². The summed E-state index contributed by atoms with van der Waals surface area (Å²) in [4.78, 5) is 4.41. The van der Waals surface area contributed by atoms with Gasteiger partial charge in [-0.15, -0.1) is 11.3 Å². The highest BCUT2D eigenvalue weighted by molar-refractivity contribution is 7.17. The Morgan fingerprint density at radius 1 is 1.50 bits per heavy atom. The number of hydrogen-bond donors (Lipinski definition) is 2. The molecule has 2 rings (SSSR count). The van der Waals surface area contributed by atoms with Gasteiger partial charge >= 0.3 is 0 Å². The molecule has 0 radical (unpaired) electrons. The Kier molecular flexibility index (Phi) is 3.65. The van der Waals surface area contributed by atoms with E-state index >= 15 is 0 Å². The molecule has 0 aliphatic heterocycles. The number of ether oxygens (including phenoxy) is 1. The average Bonchev–Trinajstić information content (AvgIpc) is 2.73. The Labute approximate surface area is 109 Å². The summed E-state index contributed by atoms with van der Waals surface area (Å²) in [6, 6.07) is 5.89. The van der Waals surface area contributed by atoms with Gasteiger partial charge in [-0.1, -0.05) is 0 Å². The lowest BCUT2D eigenvalue weighted by atomic mass is 10.3. The fraction of sp³-hybridized carbons (Fsp3) is 0.167. The molecule has 2 aromatic rings. The first-order valence-corrected chi connectivity index (χ1v) is 6.07. The number of nitriles is 1. The van der Waals surface area contributed by atoms with Crippen LogP contribution in [0.5, 0.6) is 5.75 Å². The van der Waals surface area contributed by atoms with E-state index in [1.807, 2.05) is 12.1 Å². The number of aromatic nitrogens is 1. The molecule has 0 atom stereocenters. The van der Waals surface area contributed by atoms with Gasteiger partial charge in [-0.2, -0.15) is 5.26 Å². The van der Waals surface area contributed by atoms with Gasteiger partial charge in [-0.25, -0.2) is 0 Å². The van der Waals surface area contributed by atoms with E-state index in [1.165, 1.54) is 18.4 Å².